The van der Waals surface area contributed by atoms with Gasteiger partial charge in [-0.25, -0.2) is 4.98 Å². The average molecular weight is 423 g/mol. The van der Waals surface area contributed by atoms with Crippen LogP contribution in [0.25, 0.3) is 6.08 Å². The molecule has 1 heterocycles. The maximum Gasteiger partial charge on any atom is 0.416 e. The van der Waals surface area contributed by atoms with Crippen LogP contribution in [0.15, 0.2) is 60.8 Å². The van der Waals surface area contributed by atoms with Crippen LogP contribution in [0.1, 0.15) is 21.6 Å². The number of carbonyl (C=O) groups excluding carboxylic acids is 1. The van der Waals surface area contributed by atoms with Crippen molar-refractivity contribution in [1.29, 1.82) is 0 Å². The van der Waals surface area contributed by atoms with E-state index in [9.17, 15) is 18.0 Å². The number of aromatic nitrogens is 1. The highest BCUT2D eigenvalue weighted by molar-refractivity contribution is 7.15. The van der Waals surface area contributed by atoms with Gasteiger partial charge in [0.25, 0.3) is 0 Å². The number of thiazole rings is 1. The minimum absolute atomic E-state index is 0.299. The second kappa shape index (κ2) is 8.58. The molecule has 1 aromatic heterocycles. The van der Waals surface area contributed by atoms with Crippen LogP contribution in [0.3, 0.4) is 0 Å². The number of amides is 1. The summed E-state index contributed by atoms with van der Waals surface area (Å²) >= 11 is 7.23. The zero-order chi connectivity index (χ0) is 20.1. The number of rotatable bonds is 5. The molecule has 0 radical (unpaired) electrons. The first kappa shape index (κ1) is 20.1. The SMILES string of the molecule is O=C(/C=C/c1ccccc1Cl)Nc1ncc(Cc2cccc(C(F)(F)F)c2)s1. The van der Waals surface area contributed by atoms with Crippen molar-refractivity contribution in [3.05, 3.63) is 87.4 Å². The van der Waals surface area contributed by atoms with Crippen molar-refractivity contribution in [3.8, 4) is 0 Å². The van der Waals surface area contributed by atoms with Gasteiger partial charge in [0.1, 0.15) is 0 Å². The Morgan fingerprint density at radius 1 is 1.18 bits per heavy atom. The molecule has 0 aliphatic carbocycles. The lowest BCUT2D eigenvalue weighted by Gasteiger charge is -2.07. The maximum absolute atomic E-state index is 12.8. The largest absolute Gasteiger partial charge is 0.416 e. The third-order valence-corrected chi connectivity index (χ3v) is 4.99. The lowest BCUT2D eigenvalue weighted by atomic mass is 10.1. The molecule has 0 bridgehead atoms. The summed E-state index contributed by atoms with van der Waals surface area (Å²) in [6.07, 6.45) is 0.395. The third-order valence-electron chi connectivity index (χ3n) is 3.74. The highest BCUT2D eigenvalue weighted by Crippen LogP contribution is 2.30. The number of nitrogens with one attached hydrogen (secondary N) is 1. The monoisotopic (exact) mass is 422 g/mol. The molecule has 0 saturated carbocycles. The van der Waals surface area contributed by atoms with E-state index in [-0.39, 0.29) is 5.91 Å². The molecule has 3 nitrogen and oxygen atoms in total. The third kappa shape index (κ3) is 5.43. The van der Waals surface area contributed by atoms with Gasteiger partial charge in [-0.05, 0) is 29.3 Å². The quantitative estimate of drug-likeness (QED) is 0.508. The molecular weight excluding hydrogens is 409 g/mol. The standard InChI is InChI=1S/C20H14ClF3N2OS/c21-17-7-2-1-5-14(17)8-9-18(27)26-19-25-12-16(28-19)11-13-4-3-6-15(10-13)20(22,23)24/h1-10,12H,11H2,(H,25,26,27)/b9-8+. The molecule has 0 fully saturated rings. The van der Waals surface area contributed by atoms with Crippen molar-refractivity contribution in [2.24, 2.45) is 0 Å². The Balaban J connectivity index is 1.63. The molecule has 1 N–H and O–H groups in total. The number of benzene rings is 2. The summed E-state index contributed by atoms with van der Waals surface area (Å²) in [7, 11) is 0. The van der Waals surface area contributed by atoms with E-state index in [2.05, 4.69) is 10.3 Å². The molecule has 2 aromatic carbocycles. The fourth-order valence-electron chi connectivity index (χ4n) is 2.43. The van der Waals surface area contributed by atoms with Crippen LogP contribution in [-0.4, -0.2) is 10.9 Å². The second-order valence-corrected chi connectivity index (χ2v) is 7.37. The van der Waals surface area contributed by atoms with Gasteiger partial charge in [0.05, 0.1) is 5.56 Å². The number of anilines is 1. The van der Waals surface area contributed by atoms with E-state index in [0.29, 0.717) is 27.7 Å². The van der Waals surface area contributed by atoms with Crippen LogP contribution >= 0.6 is 22.9 Å². The molecule has 0 atom stereocenters. The van der Waals surface area contributed by atoms with Crippen LogP contribution in [0.5, 0.6) is 0 Å². The lowest BCUT2D eigenvalue weighted by Crippen LogP contribution is -2.07. The van der Waals surface area contributed by atoms with E-state index < -0.39 is 11.7 Å². The smallest absolute Gasteiger partial charge is 0.298 e. The van der Waals surface area contributed by atoms with Gasteiger partial charge in [0.15, 0.2) is 5.13 Å². The fraction of sp³-hybridized carbons (Fsp3) is 0.100. The van der Waals surface area contributed by atoms with Crippen molar-refractivity contribution in [3.63, 3.8) is 0 Å². The summed E-state index contributed by atoms with van der Waals surface area (Å²) in [5, 5.41) is 3.53. The van der Waals surface area contributed by atoms with Crippen LogP contribution in [0.4, 0.5) is 18.3 Å². The molecule has 144 valence electrons. The summed E-state index contributed by atoms with van der Waals surface area (Å²) in [4.78, 5) is 16.9. The predicted molar refractivity (Wildman–Crippen MR) is 105 cm³/mol. The van der Waals surface area contributed by atoms with Gasteiger partial charge in [-0.3, -0.25) is 10.1 Å². The molecule has 0 spiro atoms. The zero-order valence-electron chi connectivity index (χ0n) is 14.3. The van der Waals surface area contributed by atoms with Crippen LogP contribution in [0.2, 0.25) is 5.02 Å². The number of nitrogens with zero attached hydrogens (tertiary/aromatic N) is 1. The number of halogens is 4. The topological polar surface area (TPSA) is 42.0 Å². The molecule has 28 heavy (non-hydrogen) atoms. The van der Waals surface area contributed by atoms with E-state index in [4.69, 9.17) is 11.6 Å². The molecule has 0 unspecified atom stereocenters. The molecule has 1 amide bonds. The number of alkyl halides is 3. The van der Waals surface area contributed by atoms with Crippen LogP contribution in [0, 0.1) is 0 Å². The maximum atomic E-state index is 12.8. The number of carbonyl (C=O) groups is 1. The van der Waals surface area contributed by atoms with E-state index >= 15 is 0 Å². The Labute approximate surface area is 168 Å². The zero-order valence-corrected chi connectivity index (χ0v) is 15.9. The minimum atomic E-state index is -4.38. The van der Waals surface area contributed by atoms with E-state index in [1.807, 2.05) is 6.07 Å². The fourth-order valence-corrected chi connectivity index (χ4v) is 3.48. The highest BCUT2D eigenvalue weighted by Gasteiger charge is 2.30. The Bertz CT molecular complexity index is 1010. The molecular formula is C20H14ClF3N2OS. The minimum Gasteiger partial charge on any atom is -0.298 e. The summed E-state index contributed by atoms with van der Waals surface area (Å²) < 4.78 is 38.4. The molecule has 3 aromatic rings. The summed E-state index contributed by atoms with van der Waals surface area (Å²) in [6.45, 7) is 0. The van der Waals surface area contributed by atoms with Gasteiger partial charge in [-0.15, -0.1) is 11.3 Å². The van der Waals surface area contributed by atoms with Crippen molar-refractivity contribution in [2.45, 2.75) is 12.6 Å². The van der Waals surface area contributed by atoms with Crippen molar-refractivity contribution in [2.75, 3.05) is 5.32 Å². The Kier molecular flexibility index (Phi) is 6.16. The van der Waals surface area contributed by atoms with Gasteiger partial charge in [0, 0.05) is 28.6 Å². The number of hydrogen-bond acceptors (Lipinski definition) is 3. The average Bonchev–Trinajstić information content (AvgIpc) is 3.07. The van der Waals surface area contributed by atoms with Gasteiger partial charge in [-0.1, -0.05) is 48.0 Å². The summed E-state index contributed by atoms with van der Waals surface area (Å²) in [5.41, 5.74) is 0.548. The van der Waals surface area contributed by atoms with Gasteiger partial charge >= 0.3 is 6.18 Å². The number of hydrogen-bond donors (Lipinski definition) is 1. The second-order valence-electron chi connectivity index (χ2n) is 5.85. The van der Waals surface area contributed by atoms with Gasteiger partial charge in [-0.2, -0.15) is 13.2 Å². The van der Waals surface area contributed by atoms with E-state index in [1.165, 1.54) is 23.5 Å². The normalized spacial score (nSPS) is 11.7. The van der Waals surface area contributed by atoms with Crippen molar-refractivity contribution < 1.29 is 18.0 Å². The Morgan fingerprint density at radius 2 is 1.96 bits per heavy atom. The molecule has 3 rings (SSSR count). The van der Waals surface area contributed by atoms with Crippen molar-refractivity contribution in [1.82, 2.24) is 4.98 Å². The first-order valence-electron chi connectivity index (χ1n) is 8.16. The first-order valence-corrected chi connectivity index (χ1v) is 9.35. The summed E-state index contributed by atoms with van der Waals surface area (Å²) in [5.74, 6) is -0.375. The van der Waals surface area contributed by atoms with E-state index in [0.717, 1.165) is 17.0 Å². The Morgan fingerprint density at radius 3 is 2.71 bits per heavy atom. The molecule has 0 saturated heterocycles. The summed E-state index contributed by atoms with van der Waals surface area (Å²) in [6, 6.07) is 12.3. The molecule has 0 aliphatic heterocycles. The van der Waals surface area contributed by atoms with Crippen molar-refractivity contribution >= 4 is 40.1 Å². The molecule has 0 aliphatic rings. The van der Waals surface area contributed by atoms with Gasteiger partial charge in [0.2, 0.25) is 5.91 Å². The Hall–Kier alpha value is -2.64. The first-order chi connectivity index (χ1) is 13.3. The van der Waals surface area contributed by atoms with Crippen LogP contribution in [-0.2, 0) is 17.4 Å². The highest BCUT2D eigenvalue weighted by atomic mass is 35.5. The van der Waals surface area contributed by atoms with E-state index in [1.54, 1.807) is 36.5 Å². The van der Waals surface area contributed by atoms with Crippen LogP contribution < -0.4 is 5.32 Å². The van der Waals surface area contributed by atoms with Gasteiger partial charge < -0.3 is 0 Å². The molecule has 8 heteroatoms. The predicted octanol–water partition coefficient (Wildman–Crippen LogP) is 6.06. The lowest BCUT2D eigenvalue weighted by molar-refractivity contribution is -0.137.